The topological polar surface area (TPSA) is 69.0 Å². The molecule has 0 saturated heterocycles. The number of amides is 1. The maximum Gasteiger partial charge on any atom is 0.230 e. The number of benzene rings is 2. The highest BCUT2D eigenvalue weighted by atomic mass is 35.5. The number of hydrogen-bond donors (Lipinski definition) is 1. The van der Waals surface area contributed by atoms with E-state index in [-0.39, 0.29) is 12.3 Å². The van der Waals surface area contributed by atoms with Crippen LogP contribution in [0, 0.1) is 6.92 Å². The minimum Gasteiger partial charge on any atom is -0.497 e. The van der Waals surface area contributed by atoms with Gasteiger partial charge >= 0.3 is 0 Å². The molecule has 4 aromatic rings. The summed E-state index contributed by atoms with van der Waals surface area (Å²) in [5, 5.41) is 8.65. The molecule has 0 bridgehead atoms. The Morgan fingerprint density at radius 1 is 1.25 bits per heavy atom. The Morgan fingerprint density at radius 3 is 2.86 bits per heavy atom. The van der Waals surface area contributed by atoms with Crippen molar-refractivity contribution in [1.29, 1.82) is 0 Å². The lowest BCUT2D eigenvalue weighted by molar-refractivity contribution is -0.115. The number of ether oxygens (including phenoxy) is 1. The summed E-state index contributed by atoms with van der Waals surface area (Å²) in [6.45, 7) is 1.87. The van der Waals surface area contributed by atoms with E-state index in [2.05, 4.69) is 15.4 Å². The lowest BCUT2D eigenvalue weighted by Gasteiger charge is -2.07. The molecule has 28 heavy (non-hydrogen) atoms. The number of anilines is 1. The molecule has 2 heterocycles. The van der Waals surface area contributed by atoms with Gasteiger partial charge in [0.1, 0.15) is 11.6 Å². The summed E-state index contributed by atoms with van der Waals surface area (Å²) in [5.41, 5.74) is 2.41. The normalized spacial score (nSPS) is 11.0. The predicted octanol–water partition coefficient (Wildman–Crippen LogP) is 4.63. The number of aromatic nitrogens is 3. The summed E-state index contributed by atoms with van der Waals surface area (Å²) in [6.07, 6.45) is 0.181. The number of carbonyl (C=O) groups is 1. The zero-order valence-electron chi connectivity index (χ0n) is 15.3. The third-order valence-electron chi connectivity index (χ3n) is 4.17. The van der Waals surface area contributed by atoms with Crippen LogP contribution < -0.4 is 10.1 Å². The van der Waals surface area contributed by atoms with E-state index >= 15 is 0 Å². The molecule has 0 aliphatic carbocycles. The quantitative estimate of drug-likeness (QED) is 0.518. The summed E-state index contributed by atoms with van der Waals surface area (Å²) >= 11 is 7.63. The fourth-order valence-electron chi connectivity index (χ4n) is 2.85. The highest BCUT2D eigenvalue weighted by Crippen LogP contribution is 2.30. The molecule has 0 radical (unpaired) electrons. The van der Waals surface area contributed by atoms with Crippen molar-refractivity contribution in [1.82, 2.24) is 14.8 Å². The van der Waals surface area contributed by atoms with Gasteiger partial charge in [0.15, 0.2) is 0 Å². The van der Waals surface area contributed by atoms with Crippen molar-refractivity contribution in [2.75, 3.05) is 12.4 Å². The molecule has 0 spiro atoms. The lowest BCUT2D eigenvalue weighted by atomic mass is 10.1. The number of halogens is 1. The summed E-state index contributed by atoms with van der Waals surface area (Å²) in [4.78, 5) is 17.2. The number of carbonyl (C=O) groups excluding carboxylic acids is 1. The first-order valence-corrected chi connectivity index (χ1v) is 9.78. The zero-order valence-corrected chi connectivity index (χ0v) is 16.8. The predicted molar refractivity (Wildman–Crippen MR) is 112 cm³/mol. The van der Waals surface area contributed by atoms with Crippen LogP contribution in [0.25, 0.3) is 15.3 Å². The van der Waals surface area contributed by atoms with E-state index in [0.29, 0.717) is 16.0 Å². The number of hydrogen-bond acceptors (Lipinski definition) is 5. The average Bonchev–Trinajstić information content (AvgIpc) is 3.25. The van der Waals surface area contributed by atoms with Gasteiger partial charge in [-0.25, -0.2) is 4.98 Å². The van der Waals surface area contributed by atoms with Gasteiger partial charge in [0.2, 0.25) is 11.0 Å². The average molecular weight is 413 g/mol. The van der Waals surface area contributed by atoms with Crippen LogP contribution in [-0.4, -0.2) is 27.8 Å². The van der Waals surface area contributed by atoms with Gasteiger partial charge in [-0.1, -0.05) is 41.1 Å². The molecular weight excluding hydrogens is 396 g/mol. The Bertz CT molecular complexity index is 1170. The van der Waals surface area contributed by atoms with Crippen molar-refractivity contribution in [3.8, 4) is 10.9 Å². The minimum absolute atomic E-state index is 0.169. The van der Waals surface area contributed by atoms with E-state index in [9.17, 15) is 4.79 Å². The van der Waals surface area contributed by atoms with Gasteiger partial charge in [0.25, 0.3) is 0 Å². The molecule has 0 unspecified atom stereocenters. The molecule has 6 nitrogen and oxygen atoms in total. The Morgan fingerprint density at radius 2 is 2.07 bits per heavy atom. The van der Waals surface area contributed by atoms with Crippen LogP contribution in [0.2, 0.25) is 5.02 Å². The van der Waals surface area contributed by atoms with Crippen LogP contribution in [-0.2, 0) is 11.2 Å². The number of aryl methyl sites for hydroxylation is 1. The second-order valence-electron chi connectivity index (χ2n) is 6.23. The summed E-state index contributed by atoms with van der Waals surface area (Å²) in [6, 6.07) is 14.8. The molecule has 0 aliphatic heterocycles. The van der Waals surface area contributed by atoms with E-state index < -0.39 is 0 Å². The monoisotopic (exact) mass is 412 g/mol. The Hall–Kier alpha value is -2.90. The van der Waals surface area contributed by atoms with Crippen molar-refractivity contribution in [3.63, 3.8) is 0 Å². The van der Waals surface area contributed by atoms with Gasteiger partial charge in [-0.3, -0.25) is 4.79 Å². The van der Waals surface area contributed by atoms with Gasteiger partial charge in [-0.05, 0) is 36.8 Å². The van der Waals surface area contributed by atoms with Crippen molar-refractivity contribution in [3.05, 3.63) is 64.8 Å². The number of nitrogens with zero attached hydrogens (tertiary/aromatic N) is 3. The second-order valence-corrected chi connectivity index (χ2v) is 7.65. The van der Waals surface area contributed by atoms with Gasteiger partial charge in [-0.2, -0.15) is 9.78 Å². The van der Waals surface area contributed by atoms with Crippen LogP contribution in [0.15, 0.2) is 48.5 Å². The van der Waals surface area contributed by atoms with Crippen LogP contribution in [0.5, 0.6) is 5.75 Å². The van der Waals surface area contributed by atoms with Crippen molar-refractivity contribution in [2.24, 2.45) is 0 Å². The highest BCUT2D eigenvalue weighted by molar-refractivity contribution is 7.20. The number of thiazole rings is 1. The summed E-state index contributed by atoms with van der Waals surface area (Å²) in [7, 11) is 1.63. The third kappa shape index (κ3) is 3.72. The third-order valence-corrected chi connectivity index (χ3v) is 5.54. The van der Waals surface area contributed by atoms with E-state index in [0.717, 1.165) is 27.2 Å². The Labute approximate surface area is 170 Å². The molecule has 4 rings (SSSR count). The molecule has 142 valence electrons. The first-order chi connectivity index (χ1) is 13.5. The summed E-state index contributed by atoms with van der Waals surface area (Å²) < 4.78 is 7.90. The molecular formula is C20H17ClN4O2S. The van der Waals surface area contributed by atoms with E-state index in [1.807, 2.05) is 49.4 Å². The number of nitrogens with one attached hydrogen (secondary N) is 1. The van der Waals surface area contributed by atoms with E-state index in [1.54, 1.807) is 17.9 Å². The molecule has 0 aliphatic rings. The Kier molecular flexibility index (Phi) is 5.02. The zero-order chi connectivity index (χ0) is 19.7. The summed E-state index contributed by atoms with van der Waals surface area (Å²) in [5.74, 6) is 1.17. The largest absolute Gasteiger partial charge is 0.497 e. The van der Waals surface area contributed by atoms with Crippen LogP contribution in [0.3, 0.4) is 0 Å². The van der Waals surface area contributed by atoms with Crippen LogP contribution in [0.4, 0.5) is 5.82 Å². The number of methoxy groups -OCH3 is 1. The fraction of sp³-hybridized carbons (Fsp3) is 0.150. The molecule has 0 saturated carbocycles. The van der Waals surface area contributed by atoms with Crippen LogP contribution in [0.1, 0.15) is 11.3 Å². The number of fused-ring (bicyclic) bond motifs is 1. The minimum atomic E-state index is -0.169. The molecule has 0 atom stereocenters. The fourth-order valence-corrected chi connectivity index (χ4v) is 4.01. The lowest BCUT2D eigenvalue weighted by Crippen LogP contribution is -2.17. The molecule has 2 aromatic heterocycles. The van der Waals surface area contributed by atoms with Gasteiger partial charge in [-0.15, -0.1) is 0 Å². The van der Waals surface area contributed by atoms with Gasteiger partial charge < -0.3 is 10.1 Å². The van der Waals surface area contributed by atoms with Gasteiger partial charge in [0, 0.05) is 11.1 Å². The van der Waals surface area contributed by atoms with Crippen molar-refractivity contribution < 1.29 is 9.53 Å². The maximum atomic E-state index is 12.5. The molecule has 2 aromatic carbocycles. The Balaban J connectivity index is 1.62. The second kappa shape index (κ2) is 7.61. The van der Waals surface area contributed by atoms with E-state index in [4.69, 9.17) is 16.3 Å². The molecule has 0 fully saturated rings. The van der Waals surface area contributed by atoms with Gasteiger partial charge in [0.05, 0.1) is 29.4 Å². The van der Waals surface area contributed by atoms with Crippen molar-refractivity contribution >= 4 is 44.9 Å². The maximum absolute atomic E-state index is 12.5. The molecule has 1 amide bonds. The SMILES string of the molecule is COc1ccc2nc(-n3nc(C)cc3NC(=O)Cc3ccccc3Cl)sc2c1. The molecule has 8 heteroatoms. The smallest absolute Gasteiger partial charge is 0.230 e. The van der Waals surface area contributed by atoms with Crippen LogP contribution >= 0.6 is 22.9 Å². The standard InChI is InChI=1S/C20H17ClN4O2S/c1-12-9-18(23-19(26)10-13-5-3-4-6-15(13)21)25(24-12)20-22-16-8-7-14(27-2)11-17(16)28-20/h3-9,11H,10H2,1-2H3,(H,23,26). The van der Waals surface area contributed by atoms with Crippen molar-refractivity contribution in [2.45, 2.75) is 13.3 Å². The number of rotatable bonds is 5. The van der Waals surface area contributed by atoms with E-state index in [1.165, 1.54) is 11.3 Å². The highest BCUT2D eigenvalue weighted by Gasteiger charge is 2.15. The first-order valence-electron chi connectivity index (χ1n) is 8.58. The first kappa shape index (κ1) is 18.5. The molecule has 1 N–H and O–H groups in total.